The van der Waals surface area contributed by atoms with Gasteiger partial charge in [0.05, 0.1) is 6.20 Å². The van der Waals surface area contributed by atoms with Crippen LogP contribution in [0.4, 0.5) is 16.0 Å². The van der Waals surface area contributed by atoms with Crippen LogP contribution in [0.15, 0.2) is 22.4 Å². The van der Waals surface area contributed by atoms with Gasteiger partial charge in [-0.25, -0.2) is 24.3 Å². The van der Waals surface area contributed by atoms with E-state index in [0.29, 0.717) is 0 Å². The van der Waals surface area contributed by atoms with E-state index in [0.717, 1.165) is 18.0 Å². The Bertz CT molecular complexity index is 545. The summed E-state index contributed by atoms with van der Waals surface area (Å²) >= 11 is 6.42. The van der Waals surface area contributed by atoms with Gasteiger partial charge in [0.2, 0.25) is 5.28 Å². The minimum Gasteiger partial charge on any atom is -0.383 e. The molecule has 17 heavy (non-hydrogen) atoms. The number of nitrogens with two attached hydrogens (primary N) is 2. The molecule has 0 bridgehead atoms. The highest BCUT2D eigenvalue weighted by Crippen LogP contribution is 2.26. The van der Waals surface area contributed by atoms with Crippen LogP contribution >= 0.6 is 23.4 Å². The van der Waals surface area contributed by atoms with Gasteiger partial charge in [-0.15, -0.1) is 0 Å². The van der Waals surface area contributed by atoms with E-state index in [1.165, 1.54) is 6.07 Å². The fourth-order valence-corrected chi connectivity index (χ4v) is 1.94. The fraction of sp³-hybridized carbons (Fsp3) is 0. The van der Waals surface area contributed by atoms with Crippen LogP contribution in [0.5, 0.6) is 0 Å². The van der Waals surface area contributed by atoms with Crippen LogP contribution < -0.4 is 11.5 Å². The number of nitrogen functional groups attached to an aromatic ring is 2. The Hall–Kier alpha value is -1.67. The quantitative estimate of drug-likeness (QED) is 0.628. The third kappa shape index (κ3) is 2.92. The largest absolute Gasteiger partial charge is 0.383 e. The molecule has 0 aliphatic carbocycles. The van der Waals surface area contributed by atoms with E-state index in [9.17, 15) is 4.39 Å². The maximum Gasteiger partial charge on any atom is 0.223 e. The maximum absolute atomic E-state index is 13.3. The summed E-state index contributed by atoms with van der Waals surface area (Å²) in [6.07, 6.45) is 0.966. The molecule has 0 radical (unpaired) electrons. The molecule has 0 atom stereocenters. The highest BCUT2D eigenvalue weighted by molar-refractivity contribution is 7.99. The number of anilines is 2. The first kappa shape index (κ1) is 11.8. The van der Waals surface area contributed by atoms with Gasteiger partial charge >= 0.3 is 0 Å². The van der Waals surface area contributed by atoms with Crippen LogP contribution in [0.1, 0.15) is 0 Å². The molecule has 6 nitrogen and oxygen atoms in total. The lowest BCUT2D eigenvalue weighted by atomic mass is 10.5. The molecule has 2 aromatic rings. The van der Waals surface area contributed by atoms with Gasteiger partial charge in [-0.3, -0.25) is 0 Å². The fourth-order valence-electron chi connectivity index (χ4n) is 0.997. The molecule has 0 amide bonds. The lowest BCUT2D eigenvalue weighted by Crippen LogP contribution is -2.00. The van der Waals surface area contributed by atoms with Crippen molar-refractivity contribution >= 4 is 35.0 Å². The minimum absolute atomic E-state index is 0.00926. The summed E-state index contributed by atoms with van der Waals surface area (Å²) in [6.45, 7) is 0. The normalized spacial score (nSPS) is 10.5. The number of hydrogen-bond acceptors (Lipinski definition) is 7. The highest BCUT2D eigenvalue weighted by Gasteiger charge is 2.10. The molecule has 2 heterocycles. The second-order valence-electron chi connectivity index (χ2n) is 2.89. The van der Waals surface area contributed by atoms with E-state index < -0.39 is 5.82 Å². The van der Waals surface area contributed by atoms with Crippen molar-refractivity contribution < 1.29 is 4.39 Å². The molecule has 2 rings (SSSR count). The molecule has 0 spiro atoms. The van der Waals surface area contributed by atoms with Gasteiger partial charge in [-0.1, -0.05) is 0 Å². The van der Waals surface area contributed by atoms with Gasteiger partial charge in [0, 0.05) is 6.07 Å². The smallest absolute Gasteiger partial charge is 0.223 e. The Labute approximate surface area is 105 Å². The van der Waals surface area contributed by atoms with Crippen LogP contribution in [-0.2, 0) is 0 Å². The Balaban J connectivity index is 2.34. The Morgan fingerprint density at radius 3 is 2.47 bits per heavy atom. The average molecular weight is 273 g/mol. The van der Waals surface area contributed by atoms with Crippen molar-refractivity contribution in [1.29, 1.82) is 0 Å². The van der Waals surface area contributed by atoms with E-state index in [4.69, 9.17) is 23.1 Å². The first-order chi connectivity index (χ1) is 8.04. The third-order valence-corrected chi connectivity index (χ3v) is 2.64. The maximum atomic E-state index is 13.3. The van der Waals surface area contributed by atoms with Crippen molar-refractivity contribution in [3.63, 3.8) is 0 Å². The van der Waals surface area contributed by atoms with E-state index >= 15 is 0 Å². The van der Waals surface area contributed by atoms with Crippen LogP contribution in [-0.4, -0.2) is 19.9 Å². The van der Waals surface area contributed by atoms with Crippen molar-refractivity contribution in [2.24, 2.45) is 0 Å². The van der Waals surface area contributed by atoms with E-state index in [-0.39, 0.29) is 27.1 Å². The summed E-state index contributed by atoms with van der Waals surface area (Å²) in [5, 5.41) is 0.136. The van der Waals surface area contributed by atoms with Gasteiger partial charge in [0.15, 0.2) is 11.0 Å². The molecule has 0 aliphatic rings. The monoisotopic (exact) mass is 272 g/mol. The SMILES string of the molecule is Nc1cc(N)nc(Sc2nc(Cl)ncc2F)n1. The lowest BCUT2D eigenvalue weighted by Gasteiger charge is -2.02. The van der Waals surface area contributed by atoms with E-state index in [1.54, 1.807) is 0 Å². The van der Waals surface area contributed by atoms with Gasteiger partial charge in [-0.2, -0.15) is 0 Å². The lowest BCUT2D eigenvalue weighted by molar-refractivity contribution is 0.578. The highest BCUT2D eigenvalue weighted by atomic mass is 35.5. The number of hydrogen-bond donors (Lipinski definition) is 2. The predicted octanol–water partition coefficient (Wildman–Crippen LogP) is 1.37. The summed E-state index contributed by atoms with van der Waals surface area (Å²) < 4.78 is 13.3. The molecule has 2 aromatic heterocycles. The molecular weight excluding hydrogens is 267 g/mol. The van der Waals surface area contributed by atoms with Crippen molar-refractivity contribution in [3.05, 3.63) is 23.4 Å². The van der Waals surface area contributed by atoms with E-state index in [1.807, 2.05) is 0 Å². The molecule has 4 N–H and O–H groups in total. The summed E-state index contributed by atoms with van der Waals surface area (Å²) in [7, 11) is 0. The van der Waals surface area contributed by atoms with Crippen molar-refractivity contribution in [3.8, 4) is 0 Å². The summed E-state index contributed by atoms with van der Waals surface area (Å²) in [4.78, 5) is 15.0. The van der Waals surface area contributed by atoms with Gasteiger partial charge < -0.3 is 11.5 Å². The van der Waals surface area contributed by atoms with Crippen LogP contribution in [0, 0.1) is 5.82 Å². The van der Waals surface area contributed by atoms with Gasteiger partial charge in [0.25, 0.3) is 0 Å². The number of rotatable bonds is 2. The summed E-state index contributed by atoms with van der Waals surface area (Å²) in [6, 6.07) is 1.40. The predicted molar refractivity (Wildman–Crippen MR) is 62.0 cm³/mol. The molecular formula is C8H6ClFN6S. The first-order valence-corrected chi connectivity index (χ1v) is 5.50. The number of nitrogens with zero attached hydrogens (tertiary/aromatic N) is 4. The molecule has 0 aliphatic heterocycles. The molecule has 0 saturated carbocycles. The topological polar surface area (TPSA) is 104 Å². The molecule has 88 valence electrons. The van der Waals surface area contributed by atoms with Crippen molar-refractivity contribution in [2.45, 2.75) is 10.2 Å². The molecule has 9 heteroatoms. The zero-order valence-electron chi connectivity index (χ0n) is 8.26. The number of halogens is 2. The molecule has 0 unspecified atom stereocenters. The van der Waals surface area contributed by atoms with Crippen molar-refractivity contribution in [1.82, 2.24) is 19.9 Å². The Morgan fingerprint density at radius 1 is 1.18 bits per heavy atom. The summed E-state index contributed by atoms with van der Waals surface area (Å²) in [5.41, 5.74) is 11.0. The Kier molecular flexibility index (Phi) is 3.25. The standard InChI is InChI=1S/C8H6ClFN6S/c9-7-13-2-3(10)6(16-7)17-8-14-4(11)1-5(12)15-8/h1-2H,(H4,11,12,14,15). The second kappa shape index (κ2) is 4.68. The molecule has 0 aromatic carbocycles. The molecule has 0 fully saturated rings. The van der Waals surface area contributed by atoms with Crippen LogP contribution in [0.3, 0.4) is 0 Å². The van der Waals surface area contributed by atoms with Gasteiger partial charge in [-0.05, 0) is 23.4 Å². The summed E-state index contributed by atoms with van der Waals surface area (Å²) in [5.74, 6) is -0.231. The minimum atomic E-state index is -0.621. The van der Waals surface area contributed by atoms with E-state index in [2.05, 4.69) is 19.9 Å². The Morgan fingerprint density at radius 2 is 1.82 bits per heavy atom. The zero-order chi connectivity index (χ0) is 12.4. The molecule has 0 saturated heterocycles. The third-order valence-electron chi connectivity index (χ3n) is 1.62. The van der Waals surface area contributed by atoms with Crippen molar-refractivity contribution in [2.75, 3.05) is 11.5 Å². The van der Waals surface area contributed by atoms with Crippen LogP contribution in [0.25, 0.3) is 0 Å². The second-order valence-corrected chi connectivity index (χ2v) is 4.19. The average Bonchev–Trinajstić information content (AvgIpc) is 2.22. The number of aromatic nitrogens is 4. The first-order valence-electron chi connectivity index (χ1n) is 4.30. The van der Waals surface area contributed by atoms with Crippen LogP contribution in [0.2, 0.25) is 5.28 Å². The van der Waals surface area contributed by atoms with Gasteiger partial charge in [0.1, 0.15) is 16.7 Å². The zero-order valence-corrected chi connectivity index (χ0v) is 9.83.